The van der Waals surface area contributed by atoms with Gasteiger partial charge in [0.25, 0.3) is 0 Å². The van der Waals surface area contributed by atoms with Gasteiger partial charge in [-0.05, 0) is 43.6 Å². The van der Waals surface area contributed by atoms with Crippen LogP contribution < -0.4 is 15.4 Å². The smallest absolute Gasteiger partial charge is 0.191 e. The van der Waals surface area contributed by atoms with Gasteiger partial charge in [0.05, 0.1) is 7.11 Å². The van der Waals surface area contributed by atoms with Crippen molar-refractivity contribution in [3.8, 4) is 5.75 Å². The number of rotatable bonds is 6. The highest BCUT2D eigenvalue weighted by Gasteiger charge is 2.22. The summed E-state index contributed by atoms with van der Waals surface area (Å²) in [7, 11) is 3.21. The third-order valence-corrected chi connectivity index (χ3v) is 4.31. The Morgan fingerprint density at radius 1 is 1.43 bits per heavy atom. The number of aliphatic imine (C=N–C) groups is 1. The van der Waals surface area contributed by atoms with Gasteiger partial charge in [-0.25, -0.2) is 4.39 Å². The first-order valence-corrected chi connectivity index (χ1v) is 8.19. The molecule has 6 heteroatoms. The van der Waals surface area contributed by atoms with E-state index in [-0.39, 0.29) is 11.6 Å². The summed E-state index contributed by atoms with van der Waals surface area (Å²) in [6.45, 7) is 5.86. The molecule has 2 rings (SSSR count). The maximum absolute atomic E-state index is 13.7. The summed E-state index contributed by atoms with van der Waals surface area (Å²) in [4.78, 5) is 6.71. The van der Waals surface area contributed by atoms with Gasteiger partial charge in [0.2, 0.25) is 0 Å². The zero-order valence-corrected chi connectivity index (χ0v) is 14.2. The Morgan fingerprint density at radius 3 is 2.91 bits per heavy atom. The number of methoxy groups -OCH3 is 1. The zero-order valence-electron chi connectivity index (χ0n) is 14.2. The quantitative estimate of drug-likeness (QED) is 0.621. The summed E-state index contributed by atoms with van der Waals surface area (Å²) in [5, 5.41) is 6.58. The Hall–Kier alpha value is -1.82. The lowest BCUT2D eigenvalue weighted by molar-refractivity contribution is 0.267. The number of likely N-dealkylation sites (N-methyl/N-ethyl adjacent to an activating group) is 1. The molecule has 5 nitrogen and oxygen atoms in total. The summed E-state index contributed by atoms with van der Waals surface area (Å²) in [6, 6.07) is 5.53. The third-order valence-electron chi connectivity index (χ3n) is 4.31. The molecule has 1 unspecified atom stereocenters. The molecule has 2 N–H and O–H groups in total. The Bertz CT molecular complexity index is 535. The van der Waals surface area contributed by atoms with E-state index in [0.29, 0.717) is 12.6 Å². The van der Waals surface area contributed by atoms with E-state index in [4.69, 9.17) is 4.74 Å². The van der Waals surface area contributed by atoms with Crippen molar-refractivity contribution in [2.75, 3.05) is 33.8 Å². The Balaban J connectivity index is 1.82. The number of guanidine groups is 1. The number of nitrogens with one attached hydrogen (secondary N) is 2. The van der Waals surface area contributed by atoms with E-state index in [1.54, 1.807) is 13.1 Å². The van der Waals surface area contributed by atoms with Gasteiger partial charge in [-0.3, -0.25) is 9.89 Å². The fraction of sp³-hybridized carbons (Fsp3) is 0.588. The van der Waals surface area contributed by atoms with Crippen molar-refractivity contribution in [2.24, 2.45) is 4.99 Å². The molecule has 0 aliphatic carbocycles. The topological polar surface area (TPSA) is 48.9 Å². The van der Waals surface area contributed by atoms with Crippen LogP contribution >= 0.6 is 0 Å². The monoisotopic (exact) mass is 322 g/mol. The lowest BCUT2D eigenvalue weighted by Gasteiger charge is -2.24. The Labute approximate surface area is 137 Å². The van der Waals surface area contributed by atoms with Crippen LogP contribution in [0, 0.1) is 5.82 Å². The predicted octanol–water partition coefficient (Wildman–Crippen LogP) is 1.98. The average molecular weight is 322 g/mol. The highest BCUT2D eigenvalue weighted by Crippen LogP contribution is 2.17. The highest BCUT2D eigenvalue weighted by atomic mass is 19.1. The number of hydrogen-bond acceptors (Lipinski definition) is 3. The second-order valence-electron chi connectivity index (χ2n) is 5.70. The lowest BCUT2D eigenvalue weighted by atomic mass is 10.2. The molecule has 1 aliphatic rings. The molecule has 0 radical (unpaired) electrons. The molecule has 1 aromatic rings. The molecule has 0 spiro atoms. The molecule has 23 heavy (non-hydrogen) atoms. The van der Waals surface area contributed by atoms with E-state index >= 15 is 0 Å². The number of likely N-dealkylation sites (tertiary alicyclic amines) is 1. The second kappa shape index (κ2) is 8.72. The molecule has 1 saturated heterocycles. The first-order valence-electron chi connectivity index (χ1n) is 8.19. The van der Waals surface area contributed by atoms with E-state index in [1.165, 1.54) is 32.6 Å². The van der Waals surface area contributed by atoms with Crippen molar-refractivity contribution < 1.29 is 9.13 Å². The summed E-state index contributed by atoms with van der Waals surface area (Å²) in [5.74, 6) is 0.653. The first kappa shape index (κ1) is 17.5. The normalized spacial score (nSPS) is 19.0. The summed E-state index contributed by atoms with van der Waals surface area (Å²) < 4.78 is 18.6. The van der Waals surface area contributed by atoms with Gasteiger partial charge >= 0.3 is 0 Å². The fourth-order valence-electron chi connectivity index (χ4n) is 2.98. The molecule has 128 valence electrons. The largest absolute Gasteiger partial charge is 0.494 e. The van der Waals surface area contributed by atoms with E-state index in [1.807, 2.05) is 6.07 Å². The minimum absolute atomic E-state index is 0.261. The molecule has 0 saturated carbocycles. The number of halogens is 1. The molecule has 0 bridgehead atoms. The molecule has 1 aromatic carbocycles. The van der Waals surface area contributed by atoms with Crippen molar-refractivity contribution >= 4 is 5.96 Å². The van der Waals surface area contributed by atoms with Crippen molar-refractivity contribution in [1.29, 1.82) is 0 Å². The number of ether oxygens (including phenoxy) is 1. The molecule has 1 fully saturated rings. The molecule has 1 atom stereocenters. The SMILES string of the molecule is CCN1CCCC1CNC(=NC)NCc1ccc(OC)c(F)c1. The molecule has 0 amide bonds. The van der Waals surface area contributed by atoms with Crippen molar-refractivity contribution in [2.45, 2.75) is 32.4 Å². The van der Waals surface area contributed by atoms with E-state index < -0.39 is 0 Å². The van der Waals surface area contributed by atoms with Crippen molar-refractivity contribution in [1.82, 2.24) is 15.5 Å². The molecular formula is C17H27FN4O. The van der Waals surface area contributed by atoms with Crippen LogP contribution in [0.4, 0.5) is 4.39 Å². The molecular weight excluding hydrogens is 295 g/mol. The third kappa shape index (κ3) is 4.82. The standard InChI is InChI=1S/C17H27FN4O/c1-4-22-9-5-6-14(22)12-21-17(19-2)20-11-13-7-8-16(23-3)15(18)10-13/h7-8,10,14H,4-6,9,11-12H2,1-3H3,(H2,19,20,21). The maximum Gasteiger partial charge on any atom is 0.191 e. The van der Waals surface area contributed by atoms with Crippen LogP contribution in [-0.2, 0) is 6.54 Å². The van der Waals surface area contributed by atoms with Gasteiger partial charge < -0.3 is 15.4 Å². The summed E-state index contributed by atoms with van der Waals surface area (Å²) in [5.41, 5.74) is 0.849. The van der Waals surface area contributed by atoms with Crippen LogP contribution in [0.3, 0.4) is 0 Å². The van der Waals surface area contributed by atoms with Crippen molar-refractivity contribution in [3.63, 3.8) is 0 Å². The average Bonchev–Trinajstić information content (AvgIpc) is 3.02. The number of benzene rings is 1. The number of nitrogens with zero attached hydrogens (tertiary/aromatic N) is 2. The predicted molar refractivity (Wildman–Crippen MR) is 91.4 cm³/mol. The van der Waals surface area contributed by atoms with Gasteiger partial charge in [0.1, 0.15) is 0 Å². The van der Waals surface area contributed by atoms with Crippen LogP contribution in [0.5, 0.6) is 5.75 Å². The van der Waals surface area contributed by atoms with Crippen LogP contribution in [0.25, 0.3) is 0 Å². The first-order chi connectivity index (χ1) is 11.2. The van der Waals surface area contributed by atoms with Crippen LogP contribution in [0.15, 0.2) is 23.2 Å². The molecule has 0 aromatic heterocycles. The van der Waals surface area contributed by atoms with E-state index in [9.17, 15) is 4.39 Å². The van der Waals surface area contributed by atoms with Gasteiger partial charge in [0.15, 0.2) is 17.5 Å². The Morgan fingerprint density at radius 2 is 2.26 bits per heavy atom. The zero-order chi connectivity index (χ0) is 16.7. The van der Waals surface area contributed by atoms with Gasteiger partial charge in [0, 0.05) is 26.2 Å². The van der Waals surface area contributed by atoms with Gasteiger partial charge in [-0.15, -0.1) is 0 Å². The van der Waals surface area contributed by atoms with Crippen LogP contribution in [0.1, 0.15) is 25.3 Å². The van der Waals surface area contributed by atoms with Gasteiger partial charge in [-0.2, -0.15) is 0 Å². The number of hydrogen-bond donors (Lipinski definition) is 2. The minimum atomic E-state index is -0.348. The fourth-order valence-corrected chi connectivity index (χ4v) is 2.98. The minimum Gasteiger partial charge on any atom is -0.494 e. The van der Waals surface area contributed by atoms with Crippen molar-refractivity contribution in [3.05, 3.63) is 29.6 Å². The second-order valence-corrected chi connectivity index (χ2v) is 5.70. The lowest BCUT2D eigenvalue weighted by Crippen LogP contribution is -2.44. The van der Waals surface area contributed by atoms with Crippen LogP contribution in [0.2, 0.25) is 0 Å². The van der Waals surface area contributed by atoms with E-state index in [0.717, 1.165) is 24.6 Å². The molecule has 1 heterocycles. The Kier molecular flexibility index (Phi) is 6.65. The van der Waals surface area contributed by atoms with E-state index in [2.05, 4.69) is 27.4 Å². The maximum atomic E-state index is 13.7. The highest BCUT2D eigenvalue weighted by molar-refractivity contribution is 5.79. The summed E-state index contributed by atoms with van der Waals surface area (Å²) >= 11 is 0. The van der Waals surface area contributed by atoms with Gasteiger partial charge in [-0.1, -0.05) is 13.0 Å². The summed E-state index contributed by atoms with van der Waals surface area (Å²) in [6.07, 6.45) is 2.48. The van der Waals surface area contributed by atoms with Crippen LogP contribution in [-0.4, -0.2) is 50.7 Å². The molecule has 1 aliphatic heterocycles.